The van der Waals surface area contributed by atoms with E-state index < -0.39 is 54.9 Å². The number of nitrogens with two attached hydrogens (primary N) is 1. The van der Waals surface area contributed by atoms with Crippen LogP contribution in [0.3, 0.4) is 0 Å². The predicted molar refractivity (Wildman–Crippen MR) is 77.3 cm³/mol. The number of anilines is 1. The van der Waals surface area contributed by atoms with Gasteiger partial charge in [-0.1, -0.05) is 24.3 Å². The van der Waals surface area contributed by atoms with Crippen LogP contribution in [-0.2, 0) is 10.1 Å². The van der Waals surface area contributed by atoms with Gasteiger partial charge in [0.05, 0.1) is 16.8 Å². The van der Waals surface area contributed by atoms with Gasteiger partial charge >= 0.3 is 10.1 Å². The fourth-order valence-electron chi connectivity index (χ4n) is 2.57. The Kier molecular flexibility index (Phi) is 2.96. The molecule has 0 saturated heterocycles. The van der Waals surface area contributed by atoms with Gasteiger partial charge in [-0.2, -0.15) is 8.42 Å². The summed E-state index contributed by atoms with van der Waals surface area (Å²) in [6.45, 7) is 0. The van der Waals surface area contributed by atoms with Crippen molar-refractivity contribution >= 4 is 27.4 Å². The van der Waals surface area contributed by atoms with Crippen molar-refractivity contribution in [2.75, 3.05) is 5.73 Å². The monoisotopic (exact) mass is 335 g/mol. The molecule has 0 heterocycles. The Hall–Kier alpha value is -2.91. The number of benzene rings is 2. The molecule has 0 unspecified atom stereocenters. The lowest BCUT2D eigenvalue weighted by atomic mass is 9.82. The van der Waals surface area contributed by atoms with Gasteiger partial charge in [0.1, 0.15) is 0 Å². The molecule has 0 saturated carbocycles. The van der Waals surface area contributed by atoms with Crippen LogP contribution in [0.1, 0.15) is 31.8 Å². The van der Waals surface area contributed by atoms with Crippen molar-refractivity contribution in [3.8, 4) is 11.5 Å². The zero-order valence-electron chi connectivity index (χ0n) is 11.3. The van der Waals surface area contributed by atoms with E-state index in [0.29, 0.717) is 0 Å². The second-order valence-corrected chi connectivity index (χ2v) is 6.23. The molecule has 3 rings (SSSR count). The highest BCUT2D eigenvalue weighted by atomic mass is 32.2. The van der Waals surface area contributed by atoms with Gasteiger partial charge in [-0.15, -0.1) is 0 Å². The van der Waals surface area contributed by atoms with Gasteiger partial charge in [-0.3, -0.25) is 14.1 Å². The molecule has 118 valence electrons. The summed E-state index contributed by atoms with van der Waals surface area (Å²) in [6.07, 6.45) is 0. The molecule has 23 heavy (non-hydrogen) atoms. The van der Waals surface area contributed by atoms with Gasteiger partial charge in [0.2, 0.25) is 0 Å². The van der Waals surface area contributed by atoms with Crippen molar-refractivity contribution in [1.82, 2.24) is 0 Å². The van der Waals surface area contributed by atoms with Crippen molar-refractivity contribution in [3.05, 3.63) is 46.5 Å². The Bertz CT molecular complexity index is 1010. The molecule has 0 spiro atoms. The molecular weight excluding hydrogens is 326 g/mol. The Labute approximate surface area is 129 Å². The topological polar surface area (TPSA) is 155 Å². The quantitative estimate of drug-likeness (QED) is 0.219. The number of hydrogen-bond donors (Lipinski definition) is 4. The molecule has 0 fully saturated rings. The van der Waals surface area contributed by atoms with Crippen LogP contribution in [0.5, 0.6) is 11.5 Å². The first-order valence-electron chi connectivity index (χ1n) is 6.19. The Morgan fingerprint density at radius 1 is 0.870 bits per heavy atom. The van der Waals surface area contributed by atoms with E-state index in [1.807, 2.05) is 0 Å². The summed E-state index contributed by atoms with van der Waals surface area (Å²) >= 11 is 0. The van der Waals surface area contributed by atoms with Crippen LogP contribution in [0.2, 0.25) is 0 Å². The molecule has 1 aliphatic carbocycles. The van der Waals surface area contributed by atoms with Crippen LogP contribution in [0.15, 0.2) is 29.2 Å². The average Bonchev–Trinajstić information content (AvgIpc) is 2.47. The number of aromatic hydroxyl groups is 2. The molecule has 0 atom stereocenters. The molecular formula is C14H9NO7S. The lowest BCUT2D eigenvalue weighted by Crippen LogP contribution is -2.23. The summed E-state index contributed by atoms with van der Waals surface area (Å²) in [7, 11) is -5.08. The molecule has 0 aliphatic heterocycles. The minimum Gasteiger partial charge on any atom is -0.506 e. The molecule has 5 N–H and O–H groups in total. The average molecular weight is 335 g/mol. The van der Waals surface area contributed by atoms with Crippen LogP contribution in [0.25, 0.3) is 0 Å². The molecule has 9 heteroatoms. The lowest BCUT2D eigenvalue weighted by molar-refractivity contribution is 0.0976. The van der Waals surface area contributed by atoms with E-state index in [-0.39, 0.29) is 11.1 Å². The number of carbonyl (C=O) groups excluding carboxylic acids is 2. The van der Waals surface area contributed by atoms with E-state index in [2.05, 4.69) is 0 Å². The lowest BCUT2D eigenvalue weighted by Gasteiger charge is -2.21. The van der Waals surface area contributed by atoms with E-state index in [4.69, 9.17) is 10.3 Å². The molecule has 8 nitrogen and oxygen atoms in total. The van der Waals surface area contributed by atoms with Gasteiger partial charge in [-0.05, 0) is 0 Å². The minimum absolute atomic E-state index is 0.00936. The van der Waals surface area contributed by atoms with Crippen molar-refractivity contribution in [1.29, 1.82) is 0 Å². The number of carbonyl (C=O) groups is 2. The first-order chi connectivity index (χ1) is 10.7. The highest BCUT2D eigenvalue weighted by Gasteiger charge is 2.39. The number of fused-ring (bicyclic) bond motifs is 2. The number of rotatable bonds is 1. The maximum absolute atomic E-state index is 12.5. The van der Waals surface area contributed by atoms with Crippen LogP contribution in [-0.4, -0.2) is 34.8 Å². The maximum Gasteiger partial charge on any atom is 0.302 e. The molecule has 1 aliphatic rings. The Morgan fingerprint density at radius 3 is 1.83 bits per heavy atom. The van der Waals surface area contributed by atoms with E-state index in [1.165, 1.54) is 24.3 Å². The van der Waals surface area contributed by atoms with Crippen LogP contribution in [0, 0.1) is 0 Å². The van der Waals surface area contributed by atoms with Crippen molar-refractivity contribution in [2.45, 2.75) is 4.90 Å². The van der Waals surface area contributed by atoms with Crippen molar-refractivity contribution in [3.63, 3.8) is 0 Å². The summed E-state index contributed by atoms with van der Waals surface area (Å²) in [4.78, 5) is 23.7. The highest BCUT2D eigenvalue weighted by Crippen LogP contribution is 2.46. The van der Waals surface area contributed by atoms with Gasteiger partial charge in [-0.25, -0.2) is 0 Å². The number of phenolic OH excluding ortho intramolecular Hbond substituents is 2. The maximum atomic E-state index is 12.5. The third kappa shape index (κ3) is 1.91. The molecule has 0 amide bonds. The molecule has 0 aromatic heterocycles. The Morgan fingerprint density at radius 2 is 1.35 bits per heavy atom. The van der Waals surface area contributed by atoms with Gasteiger partial charge in [0.25, 0.3) is 0 Å². The van der Waals surface area contributed by atoms with Crippen molar-refractivity contribution in [2.24, 2.45) is 0 Å². The van der Waals surface area contributed by atoms with E-state index >= 15 is 0 Å². The first-order valence-corrected chi connectivity index (χ1v) is 7.63. The van der Waals surface area contributed by atoms with Crippen LogP contribution >= 0.6 is 0 Å². The summed E-state index contributed by atoms with van der Waals surface area (Å²) < 4.78 is 31.8. The standard InChI is InChI=1S/C14H9NO7S/c15-9-7-8(12(18)14(13(9)19)23(20,21)22)11(17)6-4-2-1-3-5(6)10(7)16/h1-4,18-19H,15H2,(H,20,21,22). The number of nitrogen functional groups attached to an aromatic ring is 1. The minimum atomic E-state index is -5.08. The molecule has 0 bridgehead atoms. The number of phenols is 2. The Balaban J connectivity index is 2.50. The highest BCUT2D eigenvalue weighted by molar-refractivity contribution is 7.86. The molecule has 0 radical (unpaired) electrons. The van der Waals surface area contributed by atoms with Crippen LogP contribution < -0.4 is 5.73 Å². The zero-order chi connectivity index (χ0) is 17.1. The van der Waals surface area contributed by atoms with E-state index in [9.17, 15) is 28.2 Å². The summed E-state index contributed by atoms with van der Waals surface area (Å²) in [5, 5.41) is 19.9. The molecule has 2 aromatic carbocycles. The third-order valence-corrected chi connectivity index (χ3v) is 4.47. The number of ketones is 2. The summed E-state index contributed by atoms with van der Waals surface area (Å²) in [6, 6.07) is 5.69. The number of hydrogen-bond acceptors (Lipinski definition) is 7. The van der Waals surface area contributed by atoms with E-state index in [1.54, 1.807) is 0 Å². The zero-order valence-corrected chi connectivity index (χ0v) is 12.1. The van der Waals surface area contributed by atoms with Gasteiger partial charge in [0.15, 0.2) is 28.0 Å². The fourth-order valence-corrected chi connectivity index (χ4v) is 3.27. The van der Waals surface area contributed by atoms with Crippen molar-refractivity contribution < 1.29 is 32.8 Å². The SMILES string of the molecule is Nc1c(O)c(S(=O)(=O)O)c(O)c2c1C(=O)c1ccccc1C2=O. The third-order valence-electron chi connectivity index (χ3n) is 3.57. The normalized spacial score (nSPS) is 13.6. The largest absolute Gasteiger partial charge is 0.506 e. The molecule has 2 aromatic rings. The second kappa shape index (κ2) is 4.54. The summed E-state index contributed by atoms with van der Waals surface area (Å²) in [5.74, 6) is -4.00. The van der Waals surface area contributed by atoms with Gasteiger partial charge < -0.3 is 15.9 Å². The van der Waals surface area contributed by atoms with Gasteiger partial charge in [0, 0.05) is 11.1 Å². The van der Waals surface area contributed by atoms with E-state index in [0.717, 1.165) is 0 Å². The first kappa shape index (κ1) is 15.0. The smallest absolute Gasteiger partial charge is 0.302 e. The predicted octanol–water partition coefficient (Wildman–Crippen LogP) is 0.702. The second-order valence-electron chi connectivity index (χ2n) is 4.87. The summed E-state index contributed by atoms with van der Waals surface area (Å²) in [5.41, 5.74) is 3.65. The van der Waals surface area contributed by atoms with Crippen LogP contribution in [0.4, 0.5) is 5.69 Å². The fraction of sp³-hybridized carbons (Fsp3) is 0.